The van der Waals surface area contributed by atoms with Crippen LogP contribution in [0.3, 0.4) is 0 Å². The van der Waals surface area contributed by atoms with Gasteiger partial charge in [0.25, 0.3) is 0 Å². The van der Waals surface area contributed by atoms with Crippen molar-refractivity contribution in [3.63, 3.8) is 0 Å². The third kappa shape index (κ3) is 6.38. The van der Waals surface area contributed by atoms with Gasteiger partial charge >= 0.3 is 0 Å². The fraction of sp³-hybridized carbons (Fsp3) is 0.243. The van der Waals surface area contributed by atoms with Gasteiger partial charge < -0.3 is 10.2 Å². The van der Waals surface area contributed by atoms with E-state index >= 15 is 0 Å². The molecule has 1 saturated carbocycles. The second-order valence-electron chi connectivity index (χ2n) is 11.8. The number of likely N-dealkylation sites (tertiary alicyclic amines) is 1. The topological polar surface area (TPSA) is 90.3 Å². The van der Waals surface area contributed by atoms with E-state index in [-0.39, 0.29) is 30.1 Å². The van der Waals surface area contributed by atoms with Gasteiger partial charge in [-0.3, -0.25) is 14.4 Å². The number of carbonyl (C=O) groups excluding carboxylic acids is 3. The van der Waals surface area contributed by atoms with Gasteiger partial charge in [-0.2, -0.15) is 5.26 Å². The molecule has 226 valence electrons. The summed E-state index contributed by atoms with van der Waals surface area (Å²) >= 11 is 12.5. The largest absolute Gasteiger partial charge is 0.350 e. The van der Waals surface area contributed by atoms with Crippen molar-refractivity contribution in [3.8, 4) is 6.07 Å². The minimum absolute atomic E-state index is 0.148. The summed E-state index contributed by atoms with van der Waals surface area (Å²) in [5.41, 5.74) is 4.34. The van der Waals surface area contributed by atoms with Crippen molar-refractivity contribution < 1.29 is 14.4 Å². The van der Waals surface area contributed by atoms with Crippen molar-refractivity contribution in [1.82, 2.24) is 10.2 Å². The van der Waals surface area contributed by atoms with Crippen molar-refractivity contribution in [2.24, 2.45) is 11.8 Å². The molecule has 4 unspecified atom stereocenters. The lowest BCUT2D eigenvalue weighted by Gasteiger charge is -2.32. The Morgan fingerprint density at radius 1 is 0.822 bits per heavy atom. The Morgan fingerprint density at radius 3 is 1.98 bits per heavy atom. The van der Waals surface area contributed by atoms with Crippen LogP contribution in [0.25, 0.3) is 0 Å². The molecule has 4 aromatic rings. The van der Waals surface area contributed by atoms with Crippen LogP contribution in [0.2, 0.25) is 10.0 Å². The van der Waals surface area contributed by atoms with Gasteiger partial charge in [-0.05, 0) is 85.0 Å². The number of carbonyl (C=O) groups is 3. The van der Waals surface area contributed by atoms with Gasteiger partial charge in [-0.1, -0.05) is 77.3 Å². The molecule has 1 N–H and O–H groups in total. The summed E-state index contributed by atoms with van der Waals surface area (Å²) in [6.45, 7) is 2.27. The molecule has 6 rings (SSSR count). The molecule has 1 saturated heterocycles. The van der Waals surface area contributed by atoms with Crippen molar-refractivity contribution in [3.05, 3.63) is 140 Å². The predicted molar refractivity (Wildman–Crippen MR) is 174 cm³/mol. The zero-order chi connectivity index (χ0) is 31.7. The standard InChI is InChI=1S/C37H31Cl2N3O3/c1-22-2-4-24(5-3-22)21-41-36(44)34-31(25-12-16-29(38)17-13-25)32(35(43)27-14-18-30(39)19-15-27)33(42(34)37(45)28-10-11-28)26-8-6-23(20-40)7-9-26/h2-9,12-19,28,31-34H,10-11,21H2,1H3,(H,41,44). The van der Waals surface area contributed by atoms with Gasteiger partial charge in [0.15, 0.2) is 5.78 Å². The van der Waals surface area contributed by atoms with Crippen LogP contribution in [0.15, 0.2) is 97.1 Å². The number of hydrogen-bond donors (Lipinski definition) is 1. The van der Waals surface area contributed by atoms with Crippen LogP contribution in [0.5, 0.6) is 0 Å². The number of ketones is 1. The SMILES string of the molecule is Cc1ccc(CNC(=O)C2C(c3ccc(Cl)cc3)C(C(=O)c3ccc(Cl)cc3)C(c3ccc(C#N)cc3)N2C(=O)C2CC2)cc1. The Kier molecular flexibility index (Phi) is 8.76. The van der Waals surface area contributed by atoms with Crippen LogP contribution in [0.4, 0.5) is 0 Å². The fourth-order valence-corrected chi connectivity index (χ4v) is 6.58. The minimum Gasteiger partial charge on any atom is -0.350 e. The van der Waals surface area contributed by atoms with E-state index in [2.05, 4.69) is 11.4 Å². The van der Waals surface area contributed by atoms with E-state index in [4.69, 9.17) is 23.2 Å². The van der Waals surface area contributed by atoms with Gasteiger partial charge in [0, 0.05) is 34.0 Å². The Hall–Kier alpha value is -4.44. The highest BCUT2D eigenvalue weighted by Crippen LogP contribution is 2.53. The summed E-state index contributed by atoms with van der Waals surface area (Å²) in [7, 11) is 0. The average Bonchev–Trinajstić information content (AvgIpc) is 3.85. The third-order valence-corrected chi connectivity index (χ3v) is 9.28. The molecule has 6 nitrogen and oxygen atoms in total. The molecule has 45 heavy (non-hydrogen) atoms. The van der Waals surface area contributed by atoms with E-state index in [1.165, 1.54) is 0 Å². The summed E-state index contributed by atoms with van der Waals surface area (Å²) in [5.74, 6) is -2.42. The molecular weight excluding hydrogens is 605 g/mol. The van der Waals surface area contributed by atoms with Crippen LogP contribution in [0, 0.1) is 30.1 Å². The zero-order valence-electron chi connectivity index (χ0n) is 24.6. The van der Waals surface area contributed by atoms with Crippen LogP contribution in [-0.2, 0) is 16.1 Å². The number of nitriles is 1. The highest BCUT2D eigenvalue weighted by molar-refractivity contribution is 6.31. The molecule has 2 aliphatic rings. The second-order valence-corrected chi connectivity index (χ2v) is 12.7. The van der Waals surface area contributed by atoms with Crippen LogP contribution >= 0.6 is 23.2 Å². The zero-order valence-corrected chi connectivity index (χ0v) is 26.1. The van der Waals surface area contributed by atoms with Crippen molar-refractivity contribution >= 4 is 40.8 Å². The number of hydrogen-bond acceptors (Lipinski definition) is 4. The Balaban J connectivity index is 1.52. The number of rotatable bonds is 8. The summed E-state index contributed by atoms with van der Waals surface area (Å²) < 4.78 is 0. The number of aryl methyl sites for hydroxylation is 1. The van der Waals surface area contributed by atoms with Gasteiger partial charge in [0.2, 0.25) is 11.8 Å². The lowest BCUT2D eigenvalue weighted by molar-refractivity contribution is -0.142. The molecule has 0 spiro atoms. The number of halogens is 2. The van der Waals surface area contributed by atoms with E-state index in [9.17, 15) is 19.6 Å². The third-order valence-electron chi connectivity index (χ3n) is 8.77. The molecule has 4 atom stereocenters. The maximum absolute atomic E-state index is 14.7. The first-order valence-electron chi connectivity index (χ1n) is 15.0. The first-order valence-corrected chi connectivity index (χ1v) is 15.7. The number of nitrogens with zero attached hydrogens (tertiary/aromatic N) is 2. The second kappa shape index (κ2) is 12.9. The molecule has 0 aromatic heterocycles. The first-order chi connectivity index (χ1) is 21.7. The Bertz CT molecular complexity index is 1760. The van der Waals surface area contributed by atoms with Crippen LogP contribution in [-0.4, -0.2) is 28.5 Å². The van der Waals surface area contributed by atoms with Crippen LogP contribution in [0.1, 0.15) is 63.0 Å². The minimum atomic E-state index is -0.980. The summed E-state index contributed by atoms with van der Waals surface area (Å²) in [6, 6.07) is 29.0. The van der Waals surface area contributed by atoms with Gasteiger partial charge in [0.05, 0.1) is 23.6 Å². The molecule has 4 aromatic carbocycles. The van der Waals surface area contributed by atoms with E-state index in [1.54, 1.807) is 65.6 Å². The fourth-order valence-electron chi connectivity index (χ4n) is 6.33. The van der Waals surface area contributed by atoms with Crippen molar-refractivity contribution in [1.29, 1.82) is 5.26 Å². The van der Waals surface area contributed by atoms with E-state index < -0.39 is 23.9 Å². The molecule has 1 aliphatic heterocycles. The van der Waals surface area contributed by atoms with E-state index in [1.807, 2.05) is 43.3 Å². The maximum atomic E-state index is 14.7. The number of amides is 2. The maximum Gasteiger partial charge on any atom is 0.243 e. The summed E-state index contributed by atoms with van der Waals surface area (Å²) in [4.78, 5) is 45.0. The predicted octanol–water partition coefficient (Wildman–Crippen LogP) is 7.43. The Labute approximate surface area is 272 Å². The summed E-state index contributed by atoms with van der Waals surface area (Å²) in [5, 5.41) is 13.6. The normalized spacial score (nSPS) is 20.8. The highest BCUT2D eigenvalue weighted by Gasteiger charge is 2.58. The molecule has 1 aliphatic carbocycles. The highest BCUT2D eigenvalue weighted by atomic mass is 35.5. The molecule has 8 heteroatoms. The van der Waals surface area contributed by atoms with Gasteiger partial charge in [-0.25, -0.2) is 0 Å². The van der Waals surface area contributed by atoms with Crippen molar-refractivity contribution in [2.45, 2.75) is 44.3 Å². The van der Waals surface area contributed by atoms with Gasteiger partial charge in [-0.15, -0.1) is 0 Å². The first kappa shape index (κ1) is 30.6. The van der Waals surface area contributed by atoms with Crippen LogP contribution < -0.4 is 5.32 Å². The monoisotopic (exact) mass is 635 g/mol. The molecule has 2 fully saturated rings. The number of nitrogens with one attached hydrogen (secondary N) is 1. The lowest BCUT2D eigenvalue weighted by atomic mass is 9.76. The molecule has 2 amide bonds. The molecule has 1 heterocycles. The molecule has 0 radical (unpaired) electrons. The number of benzene rings is 4. The quantitative estimate of drug-likeness (QED) is 0.204. The molecule has 0 bridgehead atoms. The smallest absolute Gasteiger partial charge is 0.243 e. The van der Waals surface area contributed by atoms with E-state index in [0.717, 1.165) is 29.5 Å². The van der Waals surface area contributed by atoms with Crippen molar-refractivity contribution in [2.75, 3.05) is 0 Å². The van der Waals surface area contributed by atoms with Gasteiger partial charge in [0.1, 0.15) is 6.04 Å². The van der Waals surface area contributed by atoms with E-state index in [0.29, 0.717) is 26.7 Å². The average molecular weight is 637 g/mol. The summed E-state index contributed by atoms with van der Waals surface area (Å²) in [6.07, 6.45) is 1.46. The lowest BCUT2D eigenvalue weighted by Crippen LogP contribution is -2.49. The molecular formula is C37H31Cl2N3O3. The number of Topliss-reactive ketones (excluding diaryl/α,β-unsaturated/α-hetero) is 1. The Morgan fingerprint density at radius 2 is 1.40 bits per heavy atom.